The molecule has 2 heterocycles. The van der Waals surface area contributed by atoms with Crippen LogP contribution >= 0.6 is 0 Å². The monoisotopic (exact) mass is 258 g/mol. The molecule has 19 heavy (non-hydrogen) atoms. The third-order valence-electron chi connectivity index (χ3n) is 3.49. The average Bonchev–Trinajstić information content (AvgIpc) is 3.13. The molecular weight excluding hydrogens is 240 g/mol. The summed E-state index contributed by atoms with van der Waals surface area (Å²) in [5.74, 6) is 0.927. The lowest BCUT2D eigenvalue weighted by atomic mass is 10.1. The molecule has 1 saturated carbocycles. The van der Waals surface area contributed by atoms with Gasteiger partial charge >= 0.3 is 0 Å². The van der Waals surface area contributed by atoms with Crippen molar-refractivity contribution in [2.24, 2.45) is 5.92 Å². The Morgan fingerprint density at radius 3 is 2.95 bits per heavy atom. The summed E-state index contributed by atoms with van der Waals surface area (Å²) in [6.45, 7) is 4.94. The quantitative estimate of drug-likeness (QED) is 0.912. The summed E-state index contributed by atoms with van der Waals surface area (Å²) < 4.78 is 1.87. The summed E-state index contributed by atoms with van der Waals surface area (Å²) in [4.78, 5) is 20.6. The zero-order valence-electron chi connectivity index (χ0n) is 11.3. The Bertz CT molecular complexity index is 613. The van der Waals surface area contributed by atoms with Gasteiger partial charge < -0.3 is 9.72 Å². The van der Waals surface area contributed by atoms with Crippen LogP contribution in [-0.2, 0) is 0 Å². The van der Waals surface area contributed by atoms with Gasteiger partial charge in [-0.2, -0.15) is 0 Å². The highest BCUT2D eigenvalue weighted by Crippen LogP contribution is 2.27. The summed E-state index contributed by atoms with van der Waals surface area (Å²) in [6, 6.07) is 0. The van der Waals surface area contributed by atoms with Crippen molar-refractivity contribution in [3.05, 3.63) is 30.1 Å². The third-order valence-corrected chi connectivity index (χ3v) is 3.49. The van der Waals surface area contributed by atoms with Gasteiger partial charge in [0.25, 0.3) is 5.91 Å². The van der Waals surface area contributed by atoms with Crippen LogP contribution in [0.3, 0.4) is 0 Å². The number of rotatable bonds is 4. The van der Waals surface area contributed by atoms with E-state index in [1.807, 2.05) is 10.6 Å². The van der Waals surface area contributed by atoms with Gasteiger partial charge in [-0.1, -0.05) is 13.8 Å². The van der Waals surface area contributed by atoms with Gasteiger partial charge in [-0.25, -0.2) is 4.98 Å². The molecule has 1 amide bonds. The molecule has 3 rings (SSSR count). The highest BCUT2D eigenvalue weighted by Gasteiger charge is 2.23. The standard InChI is InChI=1S/C14H18N4O/c1-9(2)11-7-18-8-17-13(12(18)6-15-11)14(19)16-5-10-3-4-10/h6-10H,3-5H2,1-2H3,(H,16,19). The molecule has 1 N–H and O–H groups in total. The van der Waals surface area contributed by atoms with E-state index >= 15 is 0 Å². The summed E-state index contributed by atoms with van der Waals surface area (Å²) in [5, 5.41) is 2.93. The molecule has 5 heteroatoms. The first-order valence-electron chi connectivity index (χ1n) is 6.76. The second-order valence-electron chi connectivity index (χ2n) is 5.51. The van der Waals surface area contributed by atoms with E-state index < -0.39 is 0 Å². The van der Waals surface area contributed by atoms with Gasteiger partial charge in [-0.3, -0.25) is 9.78 Å². The minimum atomic E-state index is -0.103. The van der Waals surface area contributed by atoms with Gasteiger partial charge in [-0.15, -0.1) is 0 Å². The lowest BCUT2D eigenvalue weighted by Crippen LogP contribution is -2.26. The Labute approximate surface area is 112 Å². The topological polar surface area (TPSA) is 59.3 Å². The summed E-state index contributed by atoms with van der Waals surface area (Å²) in [6.07, 6.45) is 7.79. The van der Waals surface area contributed by atoms with Crippen molar-refractivity contribution in [2.45, 2.75) is 32.6 Å². The van der Waals surface area contributed by atoms with Gasteiger partial charge in [0.1, 0.15) is 6.33 Å². The molecule has 1 fully saturated rings. The van der Waals surface area contributed by atoms with Gasteiger partial charge in [0.2, 0.25) is 0 Å². The number of nitrogens with zero attached hydrogens (tertiary/aromatic N) is 3. The number of carbonyl (C=O) groups is 1. The summed E-state index contributed by atoms with van der Waals surface area (Å²) in [7, 11) is 0. The lowest BCUT2D eigenvalue weighted by Gasteiger charge is -2.05. The van der Waals surface area contributed by atoms with Crippen LogP contribution in [0.15, 0.2) is 18.7 Å². The van der Waals surface area contributed by atoms with E-state index in [2.05, 4.69) is 29.1 Å². The SMILES string of the molecule is CC(C)c1cn2cnc(C(=O)NCC3CC3)c2cn1. The molecule has 0 aromatic carbocycles. The van der Waals surface area contributed by atoms with E-state index in [-0.39, 0.29) is 5.91 Å². The average molecular weight is 258 g/mol. The molecule has 0 atom stereocenters. The van der Waals surface area contributed by atoms with E-state index in [4.69, 9.17) is 0 Å². The largest absolute Gasteiger partial charge is 0.350 e. The van der Waals surface area contributed by atoms with Gasteiger partial charge in [0.15, 0.2) is 5.69 Å². The third kappa shape index (κ3) is 2.45. The van der Waals surface area contributed by atoms with E-state index in [0.717, 1.165) is 17.8 Å². The molecular formula is C14H18N4O. The molecule has 0 spiro atoms. The van der Waals surface area contributed by atoms with Crippen molar-refractivity contribution in [1.29, 1.82) is 0 Å². The molecule has 0 bridgehead atoms. The van der Waals surface area contributed by atoms with Crippen molar-refractivity contribution >= 4 is 11.4 Å². The maximum absolute atomic E-state index is 12.1. The molecule has 2 aromatic heterocycles. The maximum atomic E-state index is 12.1. The van der Waals surface area contributed by atoms with E-state index in [1.165, 1.54) is 12.8 Å². The molecule has 100 valence electrons. The molecule has 0 radical (unpaired) electrons. The fourth-order valence-electron chi connectivity index (χ4n) is 2.03. The van der Waals surface area contributed by atoms with Crippen LogP contribution in [0.2, 0.25) is 0 Å². The fraction of sp³-hybridized carbons (Fsp3) is 0.500. The van der Waals surface area contributed by atoms with E-state index in [1.54, 1.807) is 12.5 Å². The number of amides is 1. The number of hydrogen-bond donors (Lipinski definition) is 1. The van der Waals surface area contributed by atoms with Crippen LogP contribution in [-0.4, -0.2) is 26.8 Å². The second-order valence-corrected chi connectivity index (χ2v) is 5.51. The van der Waals surface area contributed by atoms with E-state index in [9.17, 15) is 4.79 Å². The predicted octanol–water partition coefficient (Wildman–Crippen LogP) is 1.99. The van der Waals surface area contributed by atoms with Gasteiger partial charge in [0, 0.05) is 12.7 Å². The first kappa shape index (κ1) is 12.1. The number of imidazole rings is 1. The maximum Gasteiger partial charge on any atom is 0.272 e. The van der Waals surface area contributed by atoms with Crippen LogP contribution in [0.4, 0.5) is 0 Å². The smallest absolute Gasteiger partial charge is 0.272 e. The highest BCUT2D eigenvalue weighted by atomic mass is 16.1. The number of fused-ring (bicyclic) bond motifs is 1. The number of carbonyl (C=O) groups excluding carboxylic acids is 1. The molecule has 1 aliphatic carbocycles. The molecule has 0 aliphatic heterocycles. The Morgan fingerprint density at radius 2 is 2.26 bits per heavy atom. The predicted molar refractivity (Wildman–Crippen MR) is 72.1 cm³/mol. The number of hydrogen-bond acceptors (Lipinski definition) is 3. The van der Waals surface area contributed by atoms with Crippen molar-refractivity contribution in [3.8, 4) is 0 Å². The highest BCUT2D eigenvalue weighted by molar-refractivity contribution is 5.98. The van der Waals surface area contributed by atoms with Crippen molar-refractivity contribution in [3.63, 3.8) is 0 Å². The summed E-state index contributed by atoms with van der Waals surface area (Å²) >= 11 is 0. The van der Waals surface area contributed by atoms with Crippen LogP contribution in [0, 0.1) is 5.92 Å². The Kier molecular flexibility index (Phi) is 2.97. The van der Waals surface area contributed by atoms with Crippen LogP contribution < -0.4 is 5.32 Å². The molecule has 0 saturated heterocycles. The second kappa shape index (κ2) is 4.64. The zero-order valence-corrected chi connectivity index (χ0v) is 11.3. The van der Waals surface area contributed by atoms with Crippen molar-refractivity contribution in [2.75, 3.05) is 6.54 Å². The molecule has 1 aliphatic rings. The zero-order chi connectivity index (χ0) is 13.4. The number of aromatic nitrogens is 3. The molecule has 2 aromatic rings. The fourth-order valence-corrected chi connectivity index (χ4v) is 2.03. The van der Waals surface area contributed by atoms with Crippen LogP contribution in [0.25, 0.3) is 5.52 Å². The van der Waals surface area contributed by atoms with Crippen LogP contribution in [0.5, 0.6) is 0 Å². The Morgan fingerprint density at radius 1 is 1.47 bits per heavy atom. The first-order valence-corrected chi connectivity index (χ1v) is 6.76. The Balaban J connectivity index is 1.85. The van der Waals surface area contributed by atoms with E-state index in [0.29, 0.717) is 17.5 Å². The van der Waals surface area contributed by atoms with Crippen LogP contribution in [0.1, 0.15) is 48.8 Å². The Hall–Kier alpha value is -1.91. The minimum Gasteiger partial charge on any atom is -0.350 e. The summed E-state index contributed by atoms with van der Waals surface area (Å²) in [5.41, 5.74) is 2.22. The normalized spacial score (nSPS) is 15.1. The van der Waals surface area contributed by atoms with Crippen molar-refractivity contribution in [1.82, 2.24) is 19.7 Å². The number of nitrogens with one attached hydrogen (secondary N) is 1. The van der Waals surface area contributed by atoms with Gasteiger partial charge in [-0.05, 0) is 24.7 Å². The van der Waals surface area contributed by atoms with Gasteiger partial charge in [0.05, 0.1) is 17.4 Å². The minimum absolute atomic E-state index is 0.103. The first-order chi connectivity index (χ1) is 9.15. The lowest BCUT2D eigenvalue weighted by molar-refractivity contribution is 0.0949. The molecule has 5 nitrogen and oxygen atoms in total. The molecule has 0 unspecified atom stereocenters. The van der Waals surface area contributed by atoms with Crippen molar-refractivity contribution < 1.29 is 4.79 Å².